The fraction of sp³-hybridized carbons (Fsp3) is 0.562. The molecule has 1 aliphatic heterocycles. The van der Waals surface area contributed by atoms with Gasteiger partial charge in [-0.15, -0.1) is 0 Å². The predicted molar refractivity (Wildman–Crippen MR) is 76.0 cm³/mol. The van der Waals surface area contributed by atoms with Crippen molar-refractivity contribution < 1.29 is 14.0 Å². The van der Waals surface area contributed by atoms with E-state index in [4.69, 9.17) is 4.74 Å². The molecule has 3 nitrogen and oxygen atoms in total. The first-order valence-electron chi connectivity index (χ1n) is 7.22. The average Bonchev–Trinajstić information content (AvgIpc) is 2.81. The van der Waals surface area contributed by atoms with Crippen LogP contribution >= 0.6 is 0 Å². The highest BCUT2D eigenvalue weighted by molar-refractivity contribution is 5.89. The Bertz CT molecular complexity index is 418. The van der Waals surface area contributed by atoms with Crippen molar-refractivity contribution in [2.45, 2.75) is 32.2 Å². The molecule has 0 amide bonds. The van der Waals surface area contributed by atoms with E-state index in [1.807, 2.05) is 18.2 Å². The molecule has 0 saturated carbocycles. The second kappa shape index (κ2) is 6.20. The standard InChI is InChI=1S/C16H24NO2/c1-3-15-10-7-11-17(15,2)12-13-19-16(18)14-8-5-4-6-9-14/h4-6,8-9,15H,3,7,10-13H2,1-2H3/q+1/t15-,17?/m0/s1. The number of esters is 1. The van der Waals surface area contributed by atoms with Crippen LogP contribution in [0.3, 0.4) is 0 Å². The van der Waals surface area contributed by atoms with Crippen LogP contribution < -0.4 is 0 Å². The van der Waals surface area contributed by atoms with E-state index < -0.39 is 0 Å². The van der Waals surface area contributed by atoms with Crippen LogP contribution in [-0.2, 0) is 4.74 Å². The number of carbonyl (C=O) groups excluding carboxylic acids is 1. The molecule has 1 aliphatic rings. The molecular formula is C16H24NO2+. The first kappa shape index (κ1) is 14.1. The van der Waals surface area contributed by atoms with Crippen molar-refractivity contribution in [1.82, 2.24) is 0 Å². The van der Waals surface area contributed by atoms with Crippen LogP contribution in [0.5, 0.6) is 0 Å². The minimum atomic E-state index is -0.209. The number of carbonyl (C=O) groups is 1. The van der Waals surface area contributed by atoms with E-state index in [1.54, 1.807) is 12.1 Å². The Morgan fingerprint density at radius 1 is 1.37 bits per heavy atom. The Kier molecular flexibility index (Phi) is 4.59. The quantitative estimate of drug-likeness (QED) is 0.602. The van der Waals surface area contributed by atoms with Crippen LogP contribution in [-0.4, -0.2) is 43.2 Å². The van der Waals surface area contributed by atoms with E-state index in [9.17, 15) is 4.79 Å². The molecule has 0 aromatic heterocycles. The molecule has 0 aliphatic carbocycles. The van der Waals surface area contributed by atoms with E-state index in [1.165, 1.54) is 25.8 Å². The summed E-state index contributed by atoms with van der Waals surface area (Å²) in [5.41, 5.74) is 0.638. The number of nitrogens with zero attached hydrogens (tertiary/aromatic N) is 1. The third-order valence-electron chi connectivity index (χ3n) is 4.40. The number of quaternary nitrogens is 1. The maximum Gasteiger partial charge on any atom is 0.338 e. The zero-order valence-corrected chi connectivity index (χ0v) is 12.0. The van der Waals surface area contributed by atoms with Gasteiger partial charge in [-0.1, -0.05) is 25.1 Å². The van der Waals surface area contributed by atoms with Gasteiger partial charge in [0.1, 0.15) is 13.2 Å². The van der Waals surface area contributed by atoms with Gasteiger partial charge in [-0.05, 0) is 18.6 Å². The molecule has 104 valence electrons. The summed E-state index contributed by atoms with van der Waals surface area (Å²) in [6.07, 6.45) is 3.81. The summed E-state index contributed by atoms with van der Waals surface area (Å²) in [6, 6.07) is 9.94. The zero-order chi connectivity index (χ0) is 13.7. The maximum absolute atomic E-state index is 11.8. The number of hydrogen-bond donors (Lipinski definition) is 0. The Morgan fingerprint density at radius 2 is 2.11 bits per heavy atom. The lowest BCUT2D eigenvalue weighted by Crippen LogP contribution is -2.49. The molecule has 0 radical (unpaired) electrons. The molecule has 1 aromatic carbocycles. The van der Waals surface area contributed by atoms with Crippen molar-refractivity contribution in [3.05, 3.63) is 35.9 Å². The normalized spacial score (nSPS) is 26.3. The van der Waals surface area contributed by atoms with Crippen molar-refractivity contribution in [3.8, 4) is 0 Å². The highest BCUT2D eigenvalue weighted by atomic mass is 16.5. The van der Waals surface area contributed by atoms with Gasteiger partial charge in [0.25, 0.3) is 0 Å². The molecule has 19 heavy (non-hydrogen) atoms. The molecule has 1 heterocycles. The van der Waals surface area contributed by atoms with Gasteiger partial charge in [-0.25, -0.2) is 4.79 Å². The van der Waals surface area contributed by atoms with Gasteiger partial charge in [0.05, 0.1) is 25.2 Å². The van der Waals surface area contributed by atoms with Gasteiger partial charge < -0.3 is 9.22 Å². The Hall–Kier alpha value is -1.35. The SMILES string of the molecule is CC[C@H]1CCC[N+]1(C)CCOC(=O)c1ccccc1. The van der Waals surface area contributed by atoms with Crippen LogP contribution in [0, 0.1) is 0 Å². The summed E-state index contributed by atoms with van der Waals surface area (Å²) in [5.74, 6) is -0.209. The molecule has 0 spiro atoms. The molecule has 1 fully saturated rings. The summed E-state index contributed by atoms with van der Waals surface area (Å²) in [6.45, 7) is 4.90. The second-order valence-corrected chi connectivity index (χ2v) is 5.63. The molecular weight excluding hydrogens is 238 g/mol. The topological polar surface area (TPSA) is 26.3 Å². The molecule has 0 N–H and O–H groups in total. The smallest absolute Gasteiger partial charge is 0.338 e. The predicted octanol–water partition coefficient (Wildman–Crippen LogP) is 2.86. The van der Waals surface area contributed by atoms with Crippen LogP contribution in [0.4, 0.5) is 0 Å². The maximum atomic E-state index is 11.8. The Balaban J connectivity index is 1.82. The highest BCUT2D eigenvalue weighted by Gasteiger charge is 2.36. The summed E-state index contributed by atoms with van der Waals surface area (Å²) < 4.78 is 6.45. The lowest BCUT2D eigenvalue weighted by atomic mass is 10.1. The van der Waals surface area contributed by atoms with E-state index in [-0.39, 0.29) is 5.97 Å². The molecule has 3 heteroatoms. The van der Waals surface area contributed by atoms with Gasteiger partial charge in [-0.2, -0.15) is 0 Å². The Morgan fingerprint density at radius 3 is 2.79 bits per heavy atom. The molecule has 2 rings (SSSR count). The van der Waals surface area contributed by atoms with Crippen molar-refractivity contribution in [2.75, 3.05) is 26.7 Å². The van der Waals surface area contributed by atoms with E-state index >= 15 is 0 Å². The first-order chi connectivity index (χ1) is 9.15. The summed E-state index contributed by atoms with van der Waals surface area (Å²) in [4.78, 5) is 11.8. The molecule has 0 bridgehead atoms. The fourth-order valence-electron chi connectivity index (χ4n) is 3.13. The third kappa shape index (κ3) is 3.35. The lowest BCUT2D eigenvalue weighted by Gasteiger charge is -2.35. The van der Waals surface area contributed by atoms with Gasteiger partial charge >= 0.3 is 5.97 Å². The fourth-order valence-corrected chi connectivity index (χ4v) is 3.13. The van der Waals surface area contributed by atoms with Crippen LogP contribution in [0.25, 0.3) is 0 Å². The van der Waals surface area contributed by atoms with Gasteiger partial charge in [0, 0.05) is 12.8 Å². The highest BCUT2D eigenvalue weighted by Crippen LogP contribution is 2.26. The van der Waals surface area contributed by atoms with E-state index in [0.29, 0.717) is 12.2 Å². The molecule has 1 aromatic rings. The molecule has 1 saturated heterocycles. The molecule has 1 unspecified atom stereocenters. The van der Waals surface area contributed by atoms with Crippen molar-refractivity contribution in [3.63, 3.8) is 0 Å². The minimum absolute atomic E-state index is 0.209. The largest absolute Gasteiger partial charge is 0.456 e. The van der Waals surface area contributed by atoms with Crippen molar-refractivity contribution >= 4 is 5.97 Å². The van der Waals surface area contributed by atoms with Crippen LogP contribution in [0.15, 0.2) is 30.3 Å². The van der Waals surface area contributed by atoms with Crippen molar-refractivity contribution in [1.29, 1.82) is 0 Å². The number of likely N-dealkylation sites (N-methyl/N-ethyl adjacent to an activating group) is 1. The second-order valence-electron chi connectivity index (χ2n) is 5.63. The summed E-state index contributed by atoms with van der Waals surface area (Å²) in [7, 11) is 2.29. The number of rotatable bonds is 5. The number of likely N-dealkylation sites (tertiary alicyclic amines) is 1. The monoisotopic (exact) mass is 262 g/mol. The summed E-state index contributed by atoms with van der Waals surface area (Å²) in [5, 5.41) is 0. The van der Waals surface area contributed by atoms with Gasteiger partial charge in [0.2, 0.25) is 0 Å². The van der Waals surface area contributed by atoms with Crippen molar-refractivity contribution in [2.24, 2.45) is 0 Å². The average molecular weight is 262 g/mol. The van der Waals surface area contributed by atoms with Gasteiger partial charge in [-0.3, -0.25) is 0 Å². The van der Waals surface area contributed by atoms with Crippen LogP contribution in [0.2, 0.25) is 0 Å². The molecule has 2 atom stereocenters. The first-order valence-corrected chi connectivity index (χ1v) is 7.22. The number of ether oxygens (including phenoxy) is 1. The minimum Gasteiger partial charge on any atom is -0.456 e. The lowest BCUT2D eigenvalue weighted by molar-refractivity contribution is -0.921. The van der Waals surface area contributed by atoms with Crippen LogP contribution in [0.1, 0.15) is 36.5 Å². The third-order valence-corrected chi connectivity index (χ3v) is 4.40. The number of benzene rings is 1. The number of hydrogen-bond acceptors (Lipinski definition) is 2. The summed E-state index contributed by atoms with van der Waals surface area (Å²) >= 11 is 0. The zero-order valence-electron chi connectivity index (χ0n) is 12.0. The van der Waals surface area contributed by atoms with E-state index in [0.717, 1.165) is 17.1 Å². The van der Waals surface area contributed by atoms with Gasteiger partial charge in [0.15, 0.2) is 0 Å². The van der Waals surface area contributed by atoms with E-state index in [2.05, 4.69) is 14.0 Å². The Labute approximate surface area is 115 Å².